The molecule has 0 spiro atoms. The Labute approximate surface area is 87.2 Å². The normalized spacial score (nSPS) is 20.6. The van der Waals surface area contributed by atoms with Gasteiger partial charge in [0.1, 0.15) is 6.29 Å². The van der Waals surface area contributed by atoms with Gasteiger partial charge in [-0.2, -0.15) is 0 Å². The van der Waals surface area contributed by atoms with Crippen molar-refractivity contribution in [3.8, 4) is 0 Å². The molecule has 0 saturated heterocycles. The highest BCUT2D eigenvalue weighted by atomic mass is 127. The van der Waals surface area contributed by atoms with E-state index in [0.717, 1.165) is 17.4 Å². The lowest BCUT2D eigenvalue weighted by Gasteiger charge is -1.95. The predicted octanol–water partition coefficient (Wildman–Crippen LogP) is 2.42. The Morgan fingerprint density at radius 3 is 2.54 bits per heavy atom. The zero-order valence-electron chi connectivity index (χ0n) is 6.98. The Hall–Kier alpha value is -0.770. The number of carbonyl (C=O) groups excluding carboxylic acids is 1. The van der Waals surface area contributed by atoms with Crippen molar-refractivity contribution in [2.24, 2.45) is 0 Å². The highest BCUT2D eigenvalue weighted by Crippen LogP contribution is 2.29. The first-order chi connectivity index (χ1) is 6.40. The molecule has 2 rings (SSSR count). The molecule has 1 aliphatic rings. The number of alkyl halides is 1. The summed E-state index contributed by atoms with van der Waals surface area (Å²) in [7, 11) is 0. The molecule has 1 atom stereocenters. The lowest BCUT2D eigenvalue weighted by Crippen LogP contribution is -1.93. The standard InChI is InChI=1S/C11H9IO/c13-8-10(11-7-12-11)6-9-4-2-1-3-5-9/h1-8,11H/b10-6-. The fourth-order valence-corrected chi connectivity index (χ4v) is 2.47. The number of hydrogen-bond donors (Lipinski definition) is 0. The van der Waals surface area contributed by atoms with Gasteiger partial charge in [0.2, 0.25) is 0 Å². The van der Waals surface area contributed by atoms with E-state index in [9.17, 15) is 4.79 Å². The first-order valence-electron chi connectivity index (χ1n) is 4.07. The molecule has 0 bridgehead atoms. The molecular formula is C11H9IO. The summed E-state index contributed by atoms with van der Waals surface area (Å²) in [6.07, 6.45) is 2.97. The minimum Gasteiger partial charge on any atom is -0.298 e. The summed E-state index contributed by atoms with van der Waals surface area (Å²) in [5, 5.41) is 0. The van der Waals surface area contributed by atoms with Gasteiger partial charge in [-0.1, -0.05) is 30.3 Å². The van der Waals surface area contributed by atoms with Crippen LogP contribution in [0.15, 0.2) is 35.9 Å². The van der Waals surface area contributed by atoms with E-state index in [0.29, 0.717) is 3.92 Å². The average Bonchev–Trinajstić information content (AvgIpc) is 2.99. The van der Waals surface area contributed by atoms with Crippen molar-refractivity contribution < 1.29 is 4.79 Å². The van der Waals surface area contributed by atoms with E-state index < -0.39 is 0 Å². The van der Waals surface area contributed by atoms with Gasteiger partial charge in [0.05, 0.1) is 3.92 Å². The third kappa shape index (κ3) is 2.34. The van der Waals surface area contributed by atoms with Crippen molar-refractivity contribution in [1.29, 1.82) is 0 Å². The lowest BCUT2D eigenvalue weighted by atomic mass is 10.1. The molecule has 1 nitrogen and oxygen atoms in total. The van der Waals surface area contributed by atoms with E-state index in [1.807, 2.05) is 36.4 Å². The van der Waals surface area contributed by atoms with Crippen LogP contribution in [0.4, 0.5) is 0 Å². The molecule has 1 aromatic rings. The van der Waals surface area contributed by atoms with Crippen molar-refractivity contribution in [2.45, 2.75) is 3.92 Å². The predicted molar refractivity (Wildman–Crippen MR) is 64.4 cm³/mol. The second-order valence-corrected chi connectivity index (χ2v) is 5.61. The van der Waals surface area contributed by atoms with Crippen LogP contribution in [-0.2, 0) is 4.79 Å². The van der Waals surface area contributed by atoms with Crippen LogP contribution in [0.5, 0.6) is 0 Å². The van der Waals surface area contributed by atoms with Gasteiger partial charge in [-0.05, 0) is 15.7 Å². The van der Waals surface area contributed by atoms with Crippen LogP contribution in [0.2, 0.25) is 0 Å². The molecular weight excluding hydrogens is 275 g/mol. The molecule has 0 aliphatic carbocycles. The van der Waals surface area contributed by atoms with Gasteiger partial charge in [-0.25, -0.2) is 0 Å². The molecule has 0 N–H and O–H groups in total. The first-order valence-corrected chi connectivity index (χ1v) is 6.56. The summed E-state index contributed by atoms with van der Waals surface area (Å²) in [6, 6.07) is 9.99. The van der Waals surface area contributed by atoms with Gasteiger partial charge < -0.3 is 0 Å². The van der Waals surface area contributed by atoms with E-state index in [2.05, 4.69) is 4.01 Å². The van der Waals surface area contributed by atoms with Crippen LogP contribution >= 0.6 is 20.7 Å². The SMILES string of the molecule is O=C/C(=C/c1ccccc1)C1C=I1. The fourth-order valence-electron chi connectivity index (χ4n) is 1.10. The van der Waals surface area contributed by atoms with E-state index in [4.69, 9.17) is 0 Å². The zero-order chi connectivity index (χ0) is 9.10. The topological polar surface area (TPSA) is 17.1 Å². The molecule has 13 heavy (non-hydrogen) atoms. The monoisotopic (exact) mass is 284 g/mol. The van der Waals surface area contributed by atoms with Gasteiger partial charge in [0, 0.05) is 5.57 Å². The quantitative estimate of drug-likeness (QED) is 0.360. The zero-order valence-corrected chi connectivity index (χ0v) is 9.14. The van der Waals surface area contributed by atoms with E-state index in [1.54, 1.807) is 0 Å². The van der Waals surface area contributed by atoms with Crippen LogP contribution in [0.1, 0.15) is 5.56 Å². The number of carbonyl (C=O) groups is 1. The second kappa shape index (κ2) is 3.96. The summed E-state index contributed by atoms with van der Waals surface area (Å²) in [5.41, 5.74) is 2.06. The largest absolute Gasteiger partial charge is 0.298 e. The number of allylic oxidation sites excluding steroid dienone is 1. The highest BCUT2D eigenvalue weighted by molar-refractivity contribution is 14.2. The molecule has 2 heteroatoms. The maximum Gasteiger partial charge on any atom is 0.147 e. The average molecular weight is 284 g/mol. The Morgan fingerprint density at radius 2 is 2.00 bits per heavy atom. The fraction of sp³-hybridized carbons (Fsp3) is 0.0909. The number of hydrogen-bond acceptors (Lipinski definition) is 1. The van der Waals surface area contributed by atoms with Crippen molar-refractivity contribution in [1.82, 2.24) is 0 Å². The van der Waals surface area contributed by atoms with Gasteiger partial charge in [-0.3, -0.25) is 4.79 Å². The third-order valence-electron chi connectivity index (χ3n) is 1.84. The summed E-state index contributed by atoms with van der Waals surface area (Å²) in [5.74, 6) is 0. The Balaban J connectivity index is 2.22. The molecule has 66 valence electrons. The van der Waals surface area contributed by atoms with Crippen LogP contribution in [0.25, 0.3) is 6.08 Å². The summed E-state index contributed by atoms with van der Waals surface area (Å²) in [6.45, 7) is 0. The number of halogens is 1. The molecule has 0 radical (unpaired) electrons. The van der Waals surface area contributed by atoms with Crippen LogP contribution < -0.4 is 0 Å². The van der Waals surface area contributed by atoms with Crippen LogP contribution in [-0.4, -0.2) is 14.2 Å². The van der Waals surface area contributed by atoms with Gasteiger partial charge >= 0.3 is 0 Å². The number of rotatable bonds is 3. The van der Waals surface area contributed by atoms with Gasteiger partial charge in [0.25, 0.3) is 0 Å². The summed E-state index contributed by atoms with van der Waals surface area (Å²) in [4.78, 5) is 10.7. The van der Waals surface area contributed by atoms with Crippen molar-refractivity contribution >= 4 is 37.1 Å². The molecule has 1 heterocycles. The summed E-state index contributed by atoms with van der Waals surface area (Å²) < 4.78 is 2.78. The maximum atomic E-state index is 10.7. The lowest BCUT2D eigenvalue weighted by molar-refractivity contribution is -0.104. The molecule has 0 saturated carbocycles. The Kier molecular flexibility index (Phi) is 2.68. The van der Waals surface area contributed by atoms with E-state index in [1.165, 1.54) is 0 Å². The second-order valence-electron chi connectivity index (χ2n) is 2.83. The molecule has 0 aromatic heterocycles. The molecule has 1 aromatic carbocycles. The Bertz CT molecular complexity index is 359. The number of benzene rings is 1. The molecule has 0 amide bonds. The first kappa shape index (κ1) is 8.81. The van der Waals surface area contributed by atoms with E-state index >= 15 is 0 Å². The molecule has 1 unspecified atom stereocenters. The Morgan fingerprint density at radius 1 is 1.31 bits per heavy atom. The van der Waals surface area contributed by atoms with Crippen molar-refractivity contribution in [3.05, 3.63) is 41.5 Å². The molecule has 1 aliphatic heterocycles. The molecule has 0 fully saturated rings. The minimum atomic E-state index is 0.205. The van der Waals surface area contributed by atoms with Crippen LogP contribution in [0, 0.1) is 0 Å². The number of aldehydes is 1. The van der Waals surface area contributed by atoms with Crippen molar-refractivity contribution in [3.63, 3.8) is 0 Å². The minimum absolute atomic E-state index is 0.205. The van der Waals surface area contributed by atoms with Crippen molar-refractivity contribution in [2.75, 3.05) is 0 Å². The smallest absolute Gasteiger partial charge is 0.147 e. The van der Waals surface area contributed by atoms with Gasteiger partial charge in [-0.15, -0.1) is 20.7 Å². The van der Waals surface area contributed by atoms with E-state index in [-0.39, 0.29) is 20.7 Å². The van der Waals surface area contributed by atoms with Gasteiger partial charge in [0.15, 0.2) is 0 Å². The highest BCUT2D eigenvalue weighted by Gasteiger charge is 2.16. The maximum absolute atomic E-state index is 10.7. The summed E-state index contributed by atoms with van der Waals surface area (Å²) >= 11 is 0.205. The van der Waals surface area contributed by atoms with Crippen LogP contribution in [0.3, 0.4) is 0 Å². The third-order valence-corrected chi connectivity index (χ3v) is 4.00.